The molecule has 0 aliphatic heterocycles. The van der Waals surface area contributed by atoms with E-state index in [1.165, 1.54) is 0 Å². The number of nitrogens with zero attached hydrogens (tertiary/aromatic N) is 3. The van der Waals surface area contributed by atoms with Crippen LogP contribution < -0.4 is 29.6 Å². The minimum atomic E-state index is -4.74. The third-order valence-corrected chi connectivity index (χ3v) is 3.86. The van der Waals surface area contributed by atoms with E-state index in [9.17, 15) is 16.8 Å². The van der Waals surface area contributed by atoms with E-state index in [-0.39, 0.29) is 40.9 Å². The standard InChI is InChI=1S/C7H6N4O6S2.Na/c12-18(13,14)4-1-2-5(7-8-10-11-9-7)6(3-4)19(15,16)17;/h1-3H,(H,12,13,14)(H,15,16,17)(H,8,9,10,11);/q;+1. The molecule has 102 valence electrons. The fourth-order valence-corrected chi connectivity index (χ4v) is 2.63. The number of H-pyrrole nitrogens is 1. The van der Waals surface area contributed by atoms with E-state index in [2.05, 4.69) is 20.6 Å². The van der Waals surface area contributed by atoms with Crippen LogP contribution in [0.3, 0.4) is 0 Å². The maximum Gasteiger partial charge on any atom is 1.00 e. The SMILES string of the molecule is O=S(=O)(O)c1ccc(-c2nn[nH]n2)c(S(=O)(=O)O)c1.[Na+]. The van der Waals surface area contributed by atoms with Gasteiger partial charge >= 0.3 is 29.6 Å². The smallest absolute Gasteiger partial charge is 0.282 e. The number of tetrazole rings is 1. The second-order valence-corrected chi connectivity index (χ2v) is 6.16. The van der Waals surface area contributed by atoms with Crippen LogP contribution in [0, 0.1) is 0 Å². The third kappa shape index (κ3) is 3.60. The van der Waals surface area contributed by atoms with Gasteiger partial charge in [0.25, 0.3) is 20.2 Å². The minimum absolute atomic E-state index is 0. The summed E-state index contributed by atoms with van der Waals surface area (Å²) < 4.78 is 62.2. The summed E-state index contributed by atoms with van der Waals surface area (Å²) in [5.74, 6) is -0.158. The monoisotopic (exact) mass is 329 g/mol. The van der Waals surface area contributed by atoms with Crippen LogP contribution >= 0.6 is 0 Å². The van der Waals surface area contributed by atoms with Gasteiger partial charge in [-0.05, 0) is 23.4 Å². The first-order valence-corrected chi connectivity index (χ1v) is 7.40. The van der Waals surface area contributed by atoms with Gasteiger partial charge in [-0.2, -0.15) is 22.0 Å². The van der Waals surface area contributed by atoms with Crippen molar-refractivity contribution >= 4 is 20.2 Å². The van der Waals surface area contributed by atoms with Crippen molar-refractivity contribution in [3.8, 4) is 11.4 Å². The van der Waals surface area contributed by atoms with Gasteiger partial charge in [-0.1, -0.05) is 0 Å². The number of benzene rings is 1. The largest absolute Gasteiger partial charge is 1.00 e. The van der Waals surface area contributed by atoms with E-state index in [4.69, 9.17) is 9.11 Å². The molecule has 13 heteroatoms. The van der Waals surface area contributed by atoms with Crippen molar-refractivity contribution in [2.24, 2.45) is 0 Å². The van der Waals surface area contributed by atoms with E-state index in [0.717, 1.165) is 12.1 Å². The van der Waals surface area contributed by atoms with Gasteiger partial charge in [0.15, 0.2) is 0 Å². The predicted molar refractivity (Wildman–Crippen MR) is 59.2 cm³/mol. The number of aromatic amines is 1. The van der Waals surface area contributed by atoms with Crippen molar-refractivity contribution in [2.45, 2.75) is 9.79 Å². The molecule has 0 aliphatic rings. The minimum Gasteiger partial charge on any atom is -0.282 e. The first-order valence-electron chi connectivity index (χ1n) is 4.52. The molecule has 0 spiro atoms. The van der Waals surface area contributed by atoms with E-state index >= 15 is 0 Å². The van der Waals surface area contributed by atoms with Crippen LogP contribution in [-0.4, -0.2) is 46.6 Å². The quantitative estimate of drug-likeness (QED) is 0.380. The summed E-state index contributed by atoms with van der Waals surface area (Å²) in [4.78, 5) is -1.45. The molecule has 0 saturated heterocycles. The molecule has 3 N–H and O–H groups in total. The number of hydrogen-bond donors (Lipinski definition) is 3. The van der Waals surface area contributed by atoms with Crippen molar-refractivity contribution in [1.29, 1.82) is 0 Å². The van der Waals surface area contributed by atoms with Crippen LogP contribution in [-0.2, 0) is 20.2 Å². The summed E-state index contributed by atoms with van der Waals surface area (Å²) in [5.41, 5.74) is -0.163. The van der Waals surface area contributed by atoms with Crippen LogP contribution in [0.15, 0.2) is 28.0 Å². The number of aromatic nitrogens is 4. The van der Waals surface area contributed by atoms with Gasteiger partial charge < -0.3 is 0 Å². The van der Waals surface area contributed by atoms with Gasteiger partial charge in [-0.15, -0.1) is 10.2 Å². The Labute approximate surface area is 135 Å². The van der Waals surface area contributed by atoms with E-state index in [1.54, 1.807) is 0 Å². The molecule has 20 heavy (non-hydrogen) atoms. The number of nitrogens with one attached hydrogen (secondary N) is 1. The molecule has 0 bridgehead atoms. The van der Waals surface area contributed by atoms with Crippen LogP contribution in [0.1, 0.15) is 0 Å². The maximum absolute atomic E-state index is 11.2. The van der Waals surface area contributed by atoms with Gasteiger partial charge in [0.2, 0.25) is 5.82 Å². The van der Waals surface area contributed by atoms with E-state index in [0.29, 0.717) is 6.07 Å². The number of hydrogen-bond acceptors (Lipinski definition) is 7. The summed E-state index contributed by atoms with van der Waals surface area (Å²) in [6.07, 6.45) is 0. The molecule has 0 radical (unpaired) electrons. The van der Waals surface area contributed by atoms with Gasteiger partial charge in [0.05, 0.1) is 4.90 Å². The van der Waals surface area contributed by atoms with Crippen LogP contribution in [0.4, 0.5) is 0 Å². The second-order valence-electron chi connectivity index (χ2n) is 3.34. The zero-order valence-corrected chi connectivity index (χ0v) is 13.6. The van der Waals surface area contributed by atoms with Crippen molar-refractivity contribution in [3.05, 3.63) is 18.2 Å². The molecule has 0 atom stereocenters. The molecular weight excluding hydrogens is 323 g/mol. The second kappa shape index (κ2) is 5.85. The van der Waals surface area contributed by atoms with Gasteiger partial charge in [-0.3, -0.25) is 9.11 Å². The van der Waals surface area contributed by atoms with Gasteiger partial charge in [0, 0.05) is 5.56 Å². The van der Waals surface area contributed by atoms with E-state index in [1.807, 2.05) is 0 Å². The molecule has 1 aromatic carbocycles. The first-order chi connectivity index (χ1) is 8.69. The molecule has 2 rings (SSSR count). The van der Waals surface area contributed by atoms with Crippen molar-refractivity contribution in [1.82, 2.24) is 20.6 Å². The van der Waals surface area contributed by atoms with Crippen LogP contribution in [0.5, 0.6) is 0 Å². The number of rotatable bonds is 3. The molecule has 0 amide bonds. The van der Waals surface area contributed by atoms with Gasteiger partial charge in [-0.25, -0.2) is 0 Å². The molecule has 1 heterocycles. The Morgan fingerprint density at radius 3 is 2.15 bits per heavy atom. The Bertz CT molecular complexity index is 817. The summed E-state index contributed by atoms with van der Waals surface area (Å²) in [7, 11) is -9.35. The summed E-state index contributed by atoms with van der Waals surface area (Å²) in [6.45, 7) is 0. The molecule has 2 aromatic rings. The summed E-state index contributed by atoms with van der Waals surface area (Å²) in [6, 6.07) is 2.56. The maximum atomic E-state index is 11.2. The Morgan fingerprint density at radius 1 is 1.05 bits per heavy atom. The molecular formula is C7H6N4NaO6S2+. The molecule has 0 aliphatic carbocycles. The fraction of sp³-hybridized carbons (Fsp3) is 0. The van der Waals surface area contributed by atoms with Gasteiger partial charge in [0.1, 0.15) is 4.90 Å². The van der Waals surface area contributed by atoms with Crippen molar-refractivity contribution < 1.29 is 55.5 Å². The third-order valence-electron chi connectivity index (χ3n) is 2.12. The molecule has 0 saturated carbocycles. The molecule has 0 fully saturated rings. The average Bonchev–Trinajstić information content (AvgIpc) is 2.79. The zero-order valence-electron chi connectivity index (χ0n) is 9.92. The van der Waals surface area contributed by atoms with Crippen LogP contribution in [0.2, 0.25) is 0 Å². The summed E-state index contributed by atoms with van der Waals surface area (Å²) >= 11 is 0. The Hall–Kier alpha value is -0.890. The van der Waals surface area contributed by atoms with Crippen molar-refractivity contribution in [3.63, 3.8) is 0 Å². The fourth-order valence-electron chi connectivity index (χ4n) is 1.34. The normalized spacial score (nSPS) is 11.9. The molecule has 0 unspecified atom stereocenters. The first kappa shape index (κ1) is 17.2. The Kier molecular flexibility index (Phi) is 5.02. The van der Waals surface area contributed by atoms with E-state index < -0.39 is 30.0 Å². The average molecular weight is 329 g/mol. The van der Waals surface area contributed by atoms with Crippen molar-refractivity contribution in [2.75, 3.05) is 0 Å². The van der Waals surface area contributed by atoms with Crippen LogP contribution in [0.25, 0.3) is 11.4 Å². The predicted octanol–water partition coefficient (Wildman–Crippen LogP) is -3.64. The molecule has 1 aromatic heterocycles. The summed E-state index contributed by atoms with van der Waals surface area (Å²) in [5, 5.41) is 12.3. The zero-order chi connectivity index (χ0) is 14.3. The Morgan fingerprint density at radius 2 is 1.70 bits per heavy atom. The topological polar surface area (TPSA) is 163 Å². The molecule has 10 nitrogen and oxygen atoms in total. The Balaban J connectivity index is 0.00000200.